The first-order valence-corrected chi connectivity index (χ1v) is 13.4. The van der Waals surface area contributed by atoms with Gasteiger partial charge in [-0.25, -0.2) is 4.39 Å². The molecular weight excluding hydrogens is 527 g/mol. The second-order valence-corrected chi connectivity index (χ2v) is 10.4. The predicted molar refractivity (Wildman–Crippen MR) is 152 cm³/mol. The van der Waals surface area contributed by atoms with Gasteiger partial charge in [-0.2, -0.15) is 15.2 Å². The number of aryl methyl sites for hydroxylation is 2. The van der Waals surface area contributed by atoms with Crippen LogP contribution in [0.3, 0.4) is 0 Å². The average molecular weight is 557 g/mol. The fourth-order valence-electron chi connectivity index (χ4n) is 5.62. The highest BCUT2D eigenvalue weighted by Gasteiger charge is 2.28. The highest BCUT2D eigenvalue weighted by Crippen LogP contribution is 2.39. The third-order valence-corrected chi connectivity index (χ3v) is 7.79. The number of rotatable bonds is 5. The van der Waals surface area contributed by atoms with E-state index in [9.17, 15) is 14.4 Å². The minimum Gasteiger partial charge on any atom is -0.343 e. The van der Waals surface area contributed by atoms with Crippen molar-refractivity contribution in [1.82, 2.24) is 34.0 Å². The lowest BCUT2D eigenvalue weighted by molar-refractivity contribution is -0.129. The molecule has 2 aromatic carbocycles. The summed E-state index contributed by atoms with van der Waals surface area (Å²) in [4.78, 5) is 42.5. The molecule has 4 heterocycles. The van der Waals surface area contributed by atoms with Crippen molar-refractivity contribution in [3.63, 3.8) is 0 Å². The van der Waals surface area contributed by atoms with Crippen LogP contribution >= 0.6 is 0 Å². The SMILES string of the molecule is CC(=O)N1CCC(c2nn(CC(=O)Nc3nc(=O)ccn3C)c3cccc(-c4cc5c(cnn5C)cc4F)c23)CC1. The van der Waals surface area contributed by atoms with Gasteiger partial charge in [0.1, 0.15) is 12.4 Å². The maximum absolute atomic E-state index is 15.6. The molecule has 3 aromatic heterocycles. The number of piperidine rings is 1. The molecule has 41 heavy (non-hydrogen) atoms. The van der Waals surface area contributed by atoms with E-state index in [0.29, 0.717) is 48.0 Å². The molecule has 210 valence electrons. The number of fused-ring (bicyclic) bond motifs is 2. The van der Waals surface area contributed by atoms with Gasteiger partial charge in [0.2, 0.25) is 17.8 Å². The number of nitrogens with one attached hydrogen (secondary N) is 1. The number of amides is 2. The molecule has 1 aliphatic heterocycles. The van der Waals surface area contributed by atoms with Crippen LogP contribution in [-0.4, -0.2) is 58.9 Å². The summed E-state index contributed by atoms with van der Waals surface area (Å²) in [6.45, 7) is 2.62. The predicted octanol–water partition coefficient (Wildman–Crippen LogP) is 3.19. The Morgan fingerprint density at radius 1 is 1.07 bits per heavy atom. The first kappa shape index (κ1) is 26.4. The second-order valence-electron chi connectivity index (χ2n) is 10.4. The quantitative estimate of drug-likeness (QED) is 0.355. The largest absolute Gasteiger partial charge is 0.343 e. The van der Waals surface area contributed by atoms with Gasteiger partial charge in [0.05, 0.1) is 22.9 Å². The molecule has 5 aromatic rings. The summed E-state index contributed by atoms with van der Waals surface area (Å²) in [6, 6.07) is 10.1. The number of carbonyl (C=O) groups excluding carboxylic acids is 2. The molecule has 0 saturated carbocycles. The van der Waals surface area contributed by atoms with Crippen LogP contribution in [0.4, 0.5) is 10.3 Å². The van der Waals surface area contributed by atoms with Gasteiger partial charge in [0, 0.05) is 68.6 Å². The standard InChI is InChI=1S/C29H29FN8O3/c1-17(39)37-11-7-18(8-12-37)28-27-20(21-14-24-19(13-22(21)30)15-31-36(24)3)5-4-6-23(27)38(34-28)16-26(41)33-29-32-25(40)9-10-35(29)2/h4-6,9-10,13-15,18H,7-8,11-12,16H2,1-3H3,(H,32,33,40,41). The van der Waals surface area contributed by atoms with Gasteiger partial charge in [0.15, 0.2) is 0 Å². The minimum absolute atomic E-state index is 0.0127. The molecule has 0 bridgehead atoms. The van der Waals surface area contributed by atoms with Gasteiger partial charge in [-0.05, 0) is 36.6 Å². The van der Waals surface area contributed by atoms with Crippen LogP contribution in [0.2, 0.25) is 0 Å². The monoisotopic (exact) mass is 556 g/mol. The summed E-state index contributed by atoms with van der Waals surface area (Å²) in [5, 5.41) is 13.3. The molecule has 0 radical (unpaired) electrons. The van der Waals surface area contributed by atoms with E-state index in [1.54, 1.807) is 40.2 Å². The van der Waals surface area contributed by atoms with Gasteiger partial charge in [0.25, 0.3) is 5.56 Å². The van der Waals surface area contributed by atoms with Crippen molar-refractivity contribution in [2.24, 2.45) is 14.1 Å². The fraction of sp³-hybridized carbons (Fsp3) is 0.310. The van der Waals surface area contributed by atoms with Gasteiger partial charge < -0.3 is 9.47 Å². The molecule has 1 saturated heterocycles. The number of aromatic nitrogens is 6. The summed E-state index contributed by atoms with van der Waals surface area (Å²) in [5.41, 5.74) is 2.87. The molecule has 11 nitrogen and oxygen atoms in total. The number of hydrogen-bond acceptors (Lipinski definition) is 6. The molecule has 0 aliphatic carbocycles. The Morgan fingerprint density at radius 2 is 1.85 bits per heavy atom. The van der Waals surface area contributed by atoms with Crippen LogP contribution in [0.25, 0.3) is 32.9 Å². The van der Waals surface area contributed by atoms with Crippen molar-refractivity contribution in [3.8, 4) is 11.1 Å². The summed E-state index contributed by atoms with van der Waals surface area (Å²) >= 11 is 0. The zero-order valence-electron chi connectivity index (χ0n) is 23.0. The summed E-state index contributed by atoms with van der Waals surface area (Å²) < 4.78 is 20.4. The molecule has 0 unspecified atom stereocenters. The average Bonchev–Trinajstić information content (AvgIpc) is 3.50. The molecule has 2 amide bonds. The number of likely N-dealkylation sites (tertiary alicyclic amines) is 1. The Morgan fingerprint density at radius 3 is 2.61 bits per heavy atom. The smallest absolute Gasteiger partial charge is 0.274 e. The van der Waals surface area contributed by atoms with E-state index in [-0.39, 0.29) is 30.1 Å². The Bertz CT molecular complexity index is 1880. The molecular formula is C29H29FN8O3. The van der Waals surface area contributed by atoms with Crippen LogP contribution in [-0.2, 0) is 30.2 Å². The van der Waals surface area contributed by atoms with Crippen LogP contribution in [0.15, 0.2) is 53.6 Å². The zero-order chi connectivity index (χ0) is 28.8. The van der Waals surface area contributed by atoms with Crippen LogP contribution in [0.5, 0.6) is 0 Å². The topological polar surface area (TPSA) is 120 Å². The summed E-state index contributed by atoms with van der Waals surface area (Å²) in [7, 11) is 3.49. The third kappa shape index (κ3) is 4.85. The first-order valence-electron chi connectivity index (χ1n) is 13.4. The minimum atomic E-state index is -0.459. The highest BCUT2D eigenvalue weighted by molar-refractivity contribution is 6.00. The van der Waals surface area contributed by atoms with Crippen LogP contribution in [0.1, 0.15) is 31.4 Å². The van der Waals surface area contributed by atoms with Gasteiger partial charge >= 0.3 is 0 Å². The molecule has 1 aliphatic rings. The van der Waals surface area contributed by atoms with E-state index in [1.165, 1.54) is 18.3 Å². The van der Waals surface area contributed by atoms with E-state index in [0.717, 1.165) is 16.6 Å². The number of carbonyl (C=O) groups is 2. The Labute approximate surface area is 234 Å². The number of anilines is 1. The van der Waals surface area contributed by atoms with Crippen molar-refractivity contribution in [1.29, 1.82) is 0 Å². The normalized spacial score (nSPS) is 14.2. The van der Waals surface area contributed by atoms with Gasteiger partial charge in [-0.15, -0.1) is 0 Å². The van der Waals surface area contributed by atoms with Crippen molar-refractivity contribution >= 4 is 39.6 Å². The van der Waals surface area contributed by atoms with Gasteiger partial charge in [-0.3, -0.25) is 29.1 Å². The number of hydrogen-bond donors (Lipinski definition) is 1. The fourth-order valence-corrected chi connectivity index (χ4v) is 5.62. The molecule has 1 fully saturated rings. The number of nitrogens with zero attached hydrogens (tertiary/aromatic N) is 7. The zero-order valence-corrected chi connectivity index (χ0v) is 23.0. The van der Waals surface area contributed by atoms with E-state index in [2.05, 4.69) is 15.4 Å². The third-order valence-electron chi connectivity index (χ3n) is 7.79. The Hall–Kier alpha value is -4.87. The van der Waals surface area contributed by atoms with Gasteiger partial charge in [-0.1, -0.05) is 12.1 Å². The van der Waals surface area contributed by atoms with Crippen molar-refractivity contribution in [2.75, 3.05) is 18.4 Å². The van der Waals surface area contributed by atoms with Crippen LogP contribution < -0.4 is 10.9 Å². The van der Waals surface area contributed by atoms with E-state index < -0.39 is 11.5 Å². The van der Waals surface area contributed by atoms with E-state index >= 15 is 4.39 Å². The van der Waals surface area contributed by atoms with Crippen LogP contribution in [0, 0.1) is 5.82 Å². The Kier molecular flexibility index (Phi) is 6.60. The van der Waals surface area contributed by atoms with E-state index in [4.69, 9.17) is 5.10 Å². The molecule has 0 spiro atoms. The molecule has 0 atom stereocenters. The Balaban J connectivity index is 1.45. The molecule has 1 N–H and O–H groups in total. The number of halogens is 1. The summed E-state index contributed by atoms with van der Waals surface area (Å²) in [6.07, 6.45) is 4.56. The highest BCUT2D eigenvalue weighted by atomic mass is 19.1. The number of benzene rings is 2. The van der Waals surface area contributed by atoms with Crippen molar-refractivity contribution in [3.05, 3.63) is 70.7 Å². The maximum Gasteiger partial charge on any atom is 0.274 e. The first-order chi connectivity index (χ1) is 19.7. The lowest BCUT2D eigenvalue weighted by atomic mass is 9.89. The molecule has 6 rings (SSSR count). The summed E-state index contributed by atoms with van der Waals surface area (Å²) in [5.74, 6) is -0.612. The lowest BCUT2D eigenvalue weighted by Gasteiger charge is -2.30. The van der Waals surface area contributed by atoms with E-state index in [1.807, 2.05) is 30.1 Å². The second kappa shape index (κ2) is 10.3. The lowest BCUT2D eigenvalue weighted by Crippen LogP contribution is -2.36. The van der Waals surface area contributed by atoms with Crippen molar-refractivity contribution in [2.45, 2.75) is 32.2 Å². The molecule has 12 heteroatoms. The van der Waals surface area contributed by atoms with Crippen molar-refractivity contribution < 1.29 is 14.0 Å². The maximum atomic E-state index is 15.6.